The molecule has 2 aromatic carbocycles. The first-order valence-electron chi connectivity index (χ1n) is 11.9. The fourth-order valence-corrected chi connectivity index (χ4v) is 4.98. The molecule has 1 aliphatic carbocycles. The molecule has 0 atom stereocenters. The molecular formula is C27H38O4. The Kier molecular flexibility index (Phi) is 8.79. The summed E-state index contributed by atoms with van der Waals surface area (Å²) in [6.07, 6.45) is 9.14. The van der Waals surface area contributed by atoms with Gasteiger partial charge in [0, 0.05) is 5.41 Å². The van der Waals surface area contributed by atoms with Gasteiger partial charge in [0.1, 0.15) is 24.7 Å². The van der Waals surface area contributed by atoms with E-state index in [4.69, 9.17) is 19.7 Å². The summed E-state index contributed by atoms with van der Waals surface area (Å²) in [6.45, 7) is 5.03. The minimum Gasteiger partial charge on any atom is -0.491 e. The van der Waals surface area contributed by atoms with Crippen molar-refractivity contribution in [3.8, 4) is 11.5 Å². The number of aryl methyl sites for hydroxylation is 2. The summed E-state index contributed by atoms with van der Waals surface area (Å²) in [6, 6.07) is 13.3. The van der Waals surface area contributed by atoms with Gasteiger partial charge in [-0.3, -0.25) is 0 Å². The van der Waals surface area contributed by atoms with Crippen LogP contribution in [0.2, 0.25) is 0 Å². The molecule has 0 aliphatic heterocycles. The average Bonchev–Trinajstić information content (AvgIpc) is 3.08. The Labute approximate surface area is 187 Å². The zero-order chi connectivity index (χ0) is 22.1. The van der Waals surface area contributed by atoms with Gasteiger partial charge in [0.05, 0.1) is 13.2 Å². The minimum absolute atomic E-state index is 0.00461. The topological polar surface area (TPSA) is 58.9 Å². The molecule has 0 radical (unpaired) electrons. The van der Waals surface area contributed by atoms with E-state index in [1.54, 1.807) is 0 Å². The molecule has 1 saturated carbocycles. The van der Waals surface area contributed by atoms with Gasteiger partial charge in [0.2, 0.25) is 0 Å². The average molecular weight is 427 g/mol. The Morgan fingerprint density at radius 2 is 1.16 bits per heavy atom. The largest absolute Gasteiger partial charge is 0.491 e. The van der Waals surface area contributed by atoms with E-state index in [2.05, 4.69) is 50.2 Å². The van der Waals surface area contributed by atoms with E-state index in [-0.39, 0.29) is 18.6 Å². The van der Waals surface area contributed by atoms with Crippen molar-refractivity contribution in [2.75, 3.05) is 26.4 Å². The monoisotopic (exact) mass is 426 g/mol. The number of rotatable bonds is 10. The molecule has 0 aromatic heterocycles. The summed E-state index contributed by atoms with van der Waals surface area (Å²) in [5, 5.41) is 18.3. The lowest BCUT2D eigenvalue weighted by molar-refractivity contribution is 0.200. The first-order chi connectivity index (χ1) is 15.2. The molecule has 0 spiro atoms. The molecule has 3 rings (SSSR count). The second-order valence-corrected chi connectivity index (χ2v) is 8.49. The van der Waals surface area contributed by atoms with Crippen molar-refractivity contribution in [3.63, 3.8) is 0 Å². The lowest BCUT2D eigenvalue weighted by Gasteiger charge is -2.35. The third-order valence-corrected chi connectivity index (χ3v) is 6.64. The molecular weight excluding hydrogens is 388 g/mol. The molecule has 2 aromatic rings. The maximum atomic E-state index is 9.15. The number of hydrogen-bond acceptors (Lipinski definition) is 4. The third kappa shape index (κ3) is 5.42. The summed E-state index contributed by atoms with van der Waals surface area (Å²) in [4.78, 5) is 0. The molecule has 0 unspecified atom stereocenters. The summed E-state index contributed by atoms with van der Waals surface area (Å²) < 4.78 is 11.6. The number of aliphatic hydroxyl groups is 2. The fraction of sp³-hybridized carbons (Fsp3) is 0.556. The van der Waals surface area contributed by atoms with Crippen molar-refractivity contribution in [1.29, 1.82) is 0 Å². The highest BCUT2D eigenvalue weighted by Crippen LogP contribution is 2.46. The van der Waals surface area contributed by atoms with E-state index < -0.39 is 0 Å². The zero-order valence-corrected chi connectivity index (χ0v) is 19.2. The Bertz CT molecular complexity index is 760. The number of benzene rings is 2. The molecule has 0 amide bonds. The van der Waals surface area contributed by atoms with Crippen LogP contribution in [0, 0.1) is 0 Å². The SMILES string of the molecule is CCc1cc(C2(c3ccc(OCCO)c(CC)c3)CCCCCC2)ccc1OCCO. The van der Waals surface area contributed by atoms with Crippen molar-refractivity contribution in [1.82, 2.24) is 0 Å². The summed E-state index contributed by atoms with van der Waals surface area (Å²) in [7, 11) is 0. The molecule has 170 valence electrons. The summed E-state index contributed by atoms with van der Waals surface area (Å²) >= 11 is 0. The summed E-state index contributed by atoms with van der Waals surface area (Å²) in [5.41, 5.74) is 5.14. The van der Waals surface area contributed by atoms with Crippen molar-refractivity contribution in [2.45, 2.75) is 70.6 Å². The molecule has 0 saturated heterocycles. The Hall–Kier alpha value is -2.04. The van der Waals surface area contributed by atoms with Crippen LogP contribution in [-0.2, 0) is 18.3 Å². The molecule has 4 heteroatoms. The van der Waals surface area contributed by atoms with Crippen LogP contribution in [0.3, 0.4) is 0 Å². The molecule has 1 aliphatic rings. The van der Waals surface area contributed by atoms with Gasteiger partial charge in [-0.05, 0) is 60.1 Å². The van der Waals surface area contributed by atoms with E-state index in [9.17, 15) is 0 Å². The van der Waals surface area contributed by atoms with Crippen LogP contribution in [0.5, 0.6) is 11.5 Å². The van der Waals surface area contributed by atoms with Crippen LogP contribution >= 0.6 is 0 Å². The van der Waals surface area contributed by atoms with Crippen molar-refractivity contribution in [3.05, 3.63) is 58.7 Å². The Morgan fingerprint density at radius 3 is 1.55 bits per heavy atom. The van der Waals surface area contributed by atoms with Gasteiger partial charge in [-0.2, -0.15) is 0 Å². The zero-order valence-electron chi connectivity index (χ0n) is 19.2. The van der Waals surface area contributed by atoms with Gasteiger partial charge >= 0.3 is 0 Å². The van der Waals surface area contributed by atoms with E-state index in [1.807, 2.05) is 0 Å². The smallest absolute Gasteiger partial charge is 0.122 e. The van der Waals surface area contributed by atoms with Gasteiger partial charge in [0.15, 0.2) is 0 Å². The summed E-state index contributed by atoms with van der Waals surface area (Å²) in [5.74, 6) is 1.76. The maximum absolute atomic E-state index is 9.15. The molecule has 2 N–H and O–H groups in total. The van der Waals surface area contributed by atoms with Crippen molar-refractivity contribution in [2.24, 2.45) is 0 Å². The molecule has 1 fully saturated rings. The van der Waals surface area contributed by atoms with Gasteiger partial charge in [-0.25, -0.2) is 0 Å². The lowest BCUT2D eigenvalue weighted by atomic mass is 9.68. The Morgan fingerprint density at radius 1 is 0.710 bits per heavy atom. The maximum Gasteiger partial charge on any atom is 0.122 e. The first kappa shape index (κ1) is 23.6. The standard InChI is InChI=1S/C27H38O4/c1-3-21-19-23(9-11-25(21)30-17-15-28)27(13-7-5-6-8-14-27)24-10-12-26(31-18-16-29)22(4-2)20-24/h9-12,19-20,28-29H,3-8,13-18H2,1-2H3. The van der Waals surface area contributed by atoms with E-state index >= 15 is 0 Å². The highest BCUT2D eigenvalue weighted by Gasteiger charge is 2.35. The second-order valence-electron chi connectivity index (χ2n) is 8.49. The van der Waals surface area contributed by atoms with E-state index in [1.165, 1.54) is 47.9 Å². The molecule has 31 heavy (non-hydrogen) atoms. The van der Waals surface area contributed by atoms with E-state index in [0.717, 1.165) is 37.2 Å². The fourth-order valence-electron chi connectivity index (χ4n) is 4.98. The van der Waals surface area contributed by atoms with Gasteiger partial charge in [0.25, 0.3) is 0 Å². The predicted octanol–water partition coefficient (Wildman–Crippen LogP) is 5.19. The van der Waals surface area contributed by atoms with Gasteiger partial charge in [-0.15, -0.1) is 0 Å². The second kappa shape index (κ2) is 11.5. The van der Waals surface area contributed by atoms with Crippen LogP contribution in [0.1, 0.15) is 74.6 Å². The van der Waals surface area contributed by atoms with Crippen LogP contribution in [0.15, 0.2) is 36.4 Å². The van der Waals surface area contributed by atoms with Gasteiger partial charge in [-0.1, -0.05) is 63.8 Å². The van der Waals surface area contributed by atoms with Crippen LogP contribution in [0.25, 0.3) is 0 Å². The third-order valence-electron chi connectivity index (χ3n) is 6.64. The van der Waals surface area contributed by atoms with Crippen LogP contribution in [0.4, 0.5) is 0 Å². The lowest BCUT2D eigenvalue weighted by Crippen LogP contribution is -2.27. The normalized spacial score (nSPS) is 16.0. The predicted molar refractivity (Wildman–Crippen MR) is 125 cm³/mol. The first-order valence-corrected chi connectivity index (χ1v) is 11.9. The highest BCUT2D eigenvalue weighted by molar-refractivity contribution is 5.49. The van der Waals surface area contributed by atoms with Gasteiger partial charge < -0.3 is 19.7 Å². The molecule has 4 nitrogen and oxygen atoms in total. The van der Waals surface area contributed by atoms with Crippen molar-refractivity contribution >= 4 is 0 Å². The Balaban J connectivity index is 2.06. The highest BCUT2D eigenvalue weighted by atomic mass is 16.5. The minimum atomic E-state index is -0.00461. The van der Waals surface area contributed by atoms with Crippen LogP contribution in [-0.4, -0.2) is 36.6 Å². The van der Waals surface area contributed by atoms with E-state index in [0.29, 0.717) is 13.2 Å². The number of hydrogen-bond donors (Lipinski definition) is 2. The quantitative estimate of drug-likeness (QED) is 0.513. The van der Waals surface area contributed by atoms with Crippen molar-refractivity contribution < 1.29 is 19.7 Å². The number of aliphatic hydroxyl groups excluding tert-OH is 2. The number of ether oxygens (including phenoxy) is 2. The molecule has 0 heterocycles. The molecule has 0 bridgehead atoms. The van der Waals surface area contributed by atoms with Crippen LogP contribution < -0.4 is 9.47 Å².